The summed E-state index contributed by atoms with van der Waals surface area (Å²) in [4.78, 5) is 0. The van der Waals surface area contributed by atoms with Crippen LogP contribution in [-0.2, 0) is 0 Å². The van der Waals surface area contributed by atoms with Crippen molar-refractivity contribution in [2.45, 2.75) is 33.3 Å². The van der Waals surface area contributed by atoms with Gasteiger partial charge in [0.15, 0.2) is 0 Å². The van der Waals surface area contributed by atoms with Crippen LogP contribution in [0, 0.1) is 11.8 Å². The van der Waals surface area contributed by atoms with Gasteiger partial charge < -0.3 is 5.11 Å². The molecule has 0 saturated heterocycles. The summed E-state index contributed by atoms with van der Waals surface area (Å²) in [7, 11) is 0. The van der Waals surface area contributed by atoms with E-state index in [-0.39, 0.29) is 12.0 Å². The van der Waals surface area contributed by atoms with Crippen LogP contribution in [0.4, 0.5) is 0 Å². The molecule has 0 amide bonds. The minimum Gasteiger partial charge on any atom is -0.388 e. The lowest BCUT2D eigenvalue weighted by Crippen LogP contribution is -2.12. The first-order valence-corrected chi connectivity index (χ1v) is 6.75. The predicted molar refractivity (Wildman–Crippen MR) is 77.5 cm³/mol. The molecule has 0 saturated carbocycles. The molecule has 0 radical (unpaired) electrons. The first-order chi connectivity index (χ1) is 8.59. The third-order valence-corrected chi connectivity index (χ3v) is 3.52. The molecule has 18 heavy (non-hydrogen) atoms. The number of benzene rings is 2. The molecule has 0 spiro atoms. The maximum atomic E-state index is 10.5. The van der Waals surface area contributed by atoms with Gasteiger partial charge in [-0.2, -0.15) is 0 Å². The lowest BCUT2D eigenvalue weighted by atomic mass is 9.88. The summed E-state index contributed by atoms with van der Waals surface area (Å²) in [6, 6.07) is 14.4. The molecule has 1 heteroatoms. The van der Waals surface area contributed by atoms with Crippen molar-refractivity contribution in [3.8, 4) is 0 Å². The van der Waals surface area contributed by atoms with Gasteiger partial charge in [0, 0.05) is 0 Å². The molecule has 2 aromatic carbocycles. The number of aliphatic hydroxyl groups excluding tert-OH is 1. The van der Waals surface area contributed by atoms with E-state index < -0.39 is 0 Å². The third-order valence-electron chi connectivity index (χ3n) is 3.52. The molecule has 0 heterocycles. The van der Waals surface area contributed by atoms with Crippen molar-refractivity contribution in [1.82, 2.24) is 0 Å². The predicted octanol–water partition coefficient (Wildman–Crippen LogP) is 4.56. The molecule has 2 aromatic rings. The van der Waals surface area contributed by atoms with E-state index in [1.807, 2.05) is 24.3 Å². The zero-order valence-electron chi connectivity index (χ0n) is 11.4. The topological polar surface area (TPSA) is 20.2 Å². The van der Waals surface area contributed by atoms with Gasteiger partial charge in [0.1, 0.15) is 0 Å². The van der Waals surface area contributed by atoms with Crippen molar-refractivity contribution >= 4 is 10.8 Å². The van der Waals surface area contributed by atoms with Crippen LogP contribution in [0.3, 0.4) is 0 Å². The van der Waals surface area contributed by atoms with Crippen LogP contribution in [0.25, 0.3) is 10.8 Å². The van der Waals surface area contributed by atoms with Gasteiger partial charge in [-0.15, -0.1) is 0 Å². The van der Waals surface area contributed by atoms with E-state index in [4.69, 9.17) is 0 Å². The Balaban J connectivity index is 2.35. The molecular weight excluding hydrogens is 220 g/mol. The van der Waals surface area contributed by atoms with E-state index in [0.29, 0.717) is 5.92 Å². The summed E-state index contributed by atoms with van der Waals surface area (Å²) in [6.07, 6.45) is 0.670. The highest BCUT2D eigenvalue weighted by atomic mass is 16.3. The first kappa shape index (κ1) is 13.1. The minimum absolute atomic E-state index is 0.288. The van der Waals surface area contributed by atoms with Crippen molar-refractivity contribution in [1.29, 1.82) is 0 Å². The second-order valence-corrected chi connectivity index (χ2v) is 5.62. The number of hydrogen-bond donors (Lipinski definition) is 1. The molecule has 1 nitrogen and oxygen atoms in total. The molecule has 0 aliphatic rings. The number of rotatable bonds is 4. The maximum Gasteiger partial charge on any atom is 0.0821 e. The number of aliphatic hydroxyl groups is 1. The fourth-order valence-corrected chi connectivity index (χ4v) is 2.69. The van der Waals surface area contributed by atoms with Gasteiger partial charge >= 0.3 is 0 Å². The molecule has 0 bridgehead atoms. The normalized spacial score (nSPS) is 14.9. The third kappa shape index (κ3) is 2.73. The van der Waals surface area contributed by atoms with Crippen LogP contribution in [0.15, 0.2) is 42.5 Å². The van der Waals surface area contributed by atoms with Crippen molar-refractivity contribution in [3.63, 3.8) is 0 Å². The summed E-state index contributed by atoms with van der Waals surface area (Å²) in [5, 5.41) is 12.9. The van der Waals surface area contributed by atoms with Crippen molar-refractivity contribution in [2.24, 2.45) is 11.8 Å². The Morgan fingerprint density at radius 1 is 0.944 bits per heavy atom. The highest BCUT2D eigenvalue weighted by Gasteiger charge is 2.19. The molecule has 0 aliphatic carbocycles. The summed E-state index contributed by atoms with van der Waals surface area (Å²) in [5.41, 5.74) is 1.06. The standard InChI is InChI=1S/C17H22O/c1-12(2)11-13(3)17(18)16-10-6-8-14-7-4-5-9-15(14)16/h4-10,12-13,17-18H,11H2,1-3H3. The zero-order chi connectivity index (χ0) is 13.1. The number of fused-ring (bicyclic) bond motifs is 1. The van der Waals surface area contributed by atoms with Crippen LogP contribution in [0.5, 0.6) is 0 Å². The van der Waals surface area contributed by atoms with Crippen LogP contribution >= 0.6 is 0 Å². The Labute approximate surface area is 109 Å². The first-order valence-electron chi connectivity index (χ1n) is 6.75. The molecule has 2 unspecified atom stereocenters. The second kappa shape index (κ2) is 5.53. The van der Waals surface area contributed by atoms with Crippen LogP contribution < -0.4 is 0 Å². The van der Waals surface area contributed by atoms with Gasteiger partial charge in [0.05, 0.1) is 6.10 Å². The van der Waals surface area contributed by atoms with Gasteiger partial charge in [0.25, 0.3) is 0 Å². The van der Waals surface area contributed by atoms with Crippen LogP contribution in [-0.4, -0.2) is 5.11 Å². The highest BCUT2D eigenvalue weighted by molar-refractivity contribution is 5.85. The minimum atomic E-state index is -0.376. The lowest BCUT2D eigenvalue weighted by molar-refractivity contribution is 0.106. The van der Waals surface area contributed by atoms with Gasteiger partial charge in [-0.05, 0) is 34.6 Å². The highest BCUT2D eigenvalue weighted by Crippen LogP contribution is 2.31. The molecular formula is C17H22O. The fraction of sp³-hybridized carbons (Fsp3) is 0.412. The van der Waals surface area contributed by atoms with E-state index in [2.05, 4.69) is 39.0 Å². The summed E-state index contributed by atoms with van der Waals surface area (Å²) >= 11 is 0. The maximum absolute atomic E-state index is 10.5. The number of hydrogen-bond acceptors (Lipinski definition) is 1. The van der Waals surface area contributed by atoms with Crippen LogP contribution in [0.1, 0.15) is 38.9 Å². The van der Waals surface area contributed by atoms with E-state index in [9.17, 15) is 5.11 Å². The molecule has 0 aliphatic heterocycles. The Hall–Kier alpha value is -1.34. The fourth-order valence-electron chi connectivity index (χ4n) is 2.69. The van der Waals surface area contributed by atoms with Gasteiger partial charge in [-0.1, -0.05) is 63.2 Å². The molecule has 96 valence electrons. The summed E-state index contributed by atoms with van der Waals surface area (Å²) in [5.74, 6) is 0.903. The van der Waals surface area contributed by atoms with Crippen molar-refractivity contribution in [3.05, 3.63) is 48.0 Å². The Kier molecular flexibility index (Phi) is 4.03. The Bertz CT molecular complexity index is 511. The SMILES string of the molecule is CC(C)CC(C)C(O)c1cccc2ccccc12. The average molecular weight is 242 g/mol. The molecule has 2 atom stereocenters. The monoisotopic (exact) mass is 242 g/mol. The van der Waals surface area contributed by atoms with Gasteiger partial charge in [-0.3, -0.25) is 0 Å². The smallest absolute Gasteiger partial charge is 0.0821 e. The van der Waals surface area contributed by atoms with E-state index in [0.717, 1.165) is 12.0 Å². The molecule has 1 N–H and O–H groups in total. The Morgan fingerprint density at radius 3 is 2.33 bits per heavy atom. The van der Waals surface area contributed by atoms with E-state index in [1.54, 1.807) is 0 Å². The molecule has 0 fully saturated rings. The summed E-state index contributed by atoms with van der Waals surface area (Å²) in [6.45, 7) is 6.53. The average Bonchev–Trinajstić information content (AvgIpc) is 2.36. The Morgan fingerprint density at radius 2 is 1.61 bits per heavy atom. The largest absolute Gasteiger partial charge is 0.388 e. The van der Waals surface area contributed by atoms with E-state index >= 15 is 0 Å². The zero-order valence-corrected chi connectivity index (χ0v) is 11.4. The molecule has 2 rings (SSSR count). The van der Waals surface area contributed by atoms with Crippen LogP contribution in [0.2, 0.25) is 0 Å². The van der Waals surface area contributed by atoms with Crippen molar-refractivity contribution in [2.75, 3.05) is 0 Å². The summed E-state index contributed by atoms with van der Waals surface area (Å²) < 4.78 is 0. The van der Waals surface area contributed by atoms with Crippen molar-refractivity contribution < 1.29 is 5.11 Å². The lowest BCUT2D eigenvalue weighted by Gasteiger charge is -2.22. The van der Waals surface area contributed by atoms with Gasteiger partial charge in [-0.25, -0.2) is 0 Å². The molecule has 0 aromatic heterocycles. The van der Waals surface area contributed by atoms with Gasteiger partial charge in [0.2, 0.25) is 0 Å². The quantitative estimate of drug-likeness (QED) is 0.833. The van der Waals surface area contributed by atoms with E-state index in [1.165, 1.54) is 10.8 Å². The second-order valence-electron chi connectivity index (χ2n) is 5.62.